The zero-order valence-electron chi connectivity index (χ0n) is 20.0. The molecule has 0 saturated carbocycles. The summed E-state index contributed by atoms with van der Waals surface area (Å²) in [6, 6.07) is 27.1. The van der Waals surface area contributed by atoms with Crippen LogP contribution in [0.1, 0.15) is 23.1 Å². The Morgan fingerprint density at radius 2 is 1.59 bits per heavy atom. The standard InChI is InChI=1S/C29H32O4S/c1-21-9-16-25(17-10-21)34-27-19-28(31-3)33-26(18-13-22-7-5-4-6-8-22)29(27)32-20-23-11-14-24(30-2)15-12-23/h4-12,14-17,19,26,28-29H,13,18,20H2,1-3H3/t26-,28+,29+/m0/s1. The van der Waals surface area contributed by atoms with E-state index in [0.29, 0.717) is 6.61 Å². The van der Waals surface area contributed by atoms with Crippen LogP contribution in [0.5, 0.6) is 5.75 Å². The van der Waals surface area contributed by atoms with E-state index in [1.807, 2.05) is 36.4 Å². The van der Waals surface area contributed by atoms with Crippen LogP contribution in [0.15, 0.2) is 94.7 Å². The molecule has 0 fully saturated rings. The summed E-state index contributed by atoms with van der Waals surface area (Å²) in [5.41, 5.74) is 3.63. The highest BCUT2D eigenvalue weighted by Crippen LogP contribution is 2.38. The van der Waals surface area contributed by atoms with Gasteiger partial charge in [-0.05, 0) is 61.2 Å². The number of aryl methyl sites for hydroxylation is 2. The fourth-order valence-corrected chi connectivity index (χ4v) is 4.98. The second kappa shape index (κ2) is 12.2. The van der Waals surface area contributed by atoms with E-state index in [4.69, 9.17) is 18.9 Å². The van der Waals surface area contributed by atoms with Crippen LogP contribution in [0, 0.1) is 6.92 Å². The predicted octanol–water partition coefficient (Wildman–Crippen LogP) is 6.57. The maximum atomic E-state index is 6.53. The largest absolute Gasteiger partial charge is 0.497 e. The fourth-order valence-electron chi connectivity index (χ4n) is 3.92. The number of thioether (sulfide) groups is 1. The highest BCUT2D eigenvalue weighted by molar-refractivity contribution is 8.03. The molecule has 34 heavy (non-hydrogen) atoms. The Hall–Kier alpha value is -2.57. The third kappa shape index (κ3) is 6.73. The molecule has 0 bridgehead atoms. The molecule has 0 unspecified atom stereocenters. The van der Waals surface area contributed by atoms with Gasteiger partial charge in [-0.25, -0.2) is 0 Å². The van der Waals surface area contributed by atoms with Gasteiger partial charge in [0.25, 0.3) is 0 Å². The SMILES string of the molecule is COc1ccc(CO[C@H]2C(Sc3ccc(C)cc3)=C[C@H](OC)O[C@H]2CCc2ccccc2)cc1. The molecule has 0 aliphatic carbocycles. The maximum Gasteiger partial charge on any atom is 0.178 e. The number of ether oxygens (including phenoxy) is 4. The van der Waals surface area contributed by atoms with Crippen molar-refractivity contribution in [3.8, 4) is 5.75 Å². The maximum absolute atomic E-state index is 6.53. The van der Waals surface area contributed by atoms with Gasteiger partial charge >= 0.3 is 0 Å². The smallest absolute Gasteiger partial charge is 0.178 e. The average Bonchev–Trinajstić information content (AvgIpc) is 2.88. The van der Waals surface area contributed by atoms with Gasteiger partial charge in [0.05, 0.1) is 19.8 Å². The van der Waals surface area contributed by atoms with E-state index in [-0.39, 0.29) is 12.2 Å². The normalized spacial score (nSPS) is 20.1. The molecule has 5 heteroatoms. The van der Waals surface area contributed by atoms with Crippen molar-refractivity contribution in [2.75, 3.05) is 14.2 Å². The van der Waals surface area contributed by atoms with E-state index in [0.717, 1.165) is 29.1 Å². The van der Waals surface area contributed by atoms with Gasteiger partial charge in [-0.1, -0.05) is 71.9 Å². The number of methoxy groups -OCH3 is 2. The van der Waals surface area contributed by atoms with Crippen LogP contribution in [-0.2, 0) is 27.2 Å². The number of hydrogen-bond acceptors (Lipinski definition) is 5. The highest BCUT2D eigenvalue weighted by atomic mass is 32.2. The van der Waals surface area contributed by atoms with Gasteiger partial charge in [-0.3, -0.25) is 0 Å². The Balaban J connectivity index is 1.55. The van der Waals surface area contributed by atoms with Gasteiger partial charge in [0, 0.05) is 16.9 Å². The molecule has 1 aliphatic rings. The van der Waals surface area contributed by atoms with E-state index in [1.165, 1.54) is 16.0 Å². The quantitative estimate of drug-likeness (QED) is 0.331. The summed E-state index contributed by atoms with van der Waals surface area (Å²) >= 11 is 1.72. The predicted molar refractivity (Wildman–Crippen MR) is 137 cm³/mol. The molecular formula is C29H32O4S. The van der Waals surface area contributed by atoms with Crippen LogP contribution < -0.4 is 4.74 Å². The molecule has 3 atom stereocenters. The van der Waals surface area contributed by atoms with Crippen molar-refractivity contribution in [3.63, 3.8) is 0 Å². The van der Waals surface area contributed by atoms with Crippen molar-refractivity contribution in [2.24, 2.45) is 0 Å². The van der Waals surface area contributed by atoms with Crippen LogP contribution in [0.2, 0.25) is 0 Å². The zero-order chi connectivity index (χ0) is 23.8. The lowest BCUT2D eigenvalue weighted by molar-refractivity contribution is -0.171. The van der Waals surface area contributed by atoms with Crippen molar-refractivity contribution >= 4 is 11.8 Å². The molecule has 0 N–H and O–H groups in total. The Morgan fingerprint density at radius 1 is 0.853 bits per heavy atom. The molecule has 1 heterocycles. The molecular weight excluding hydrogens is 444 g/mol. The zero-order valence-corrected chi connectivity index (χ0v) is 20.8. The molecule has 4 nitrogen and oxygen atoms in total. The first-order chi connectivity index (χ1) is 16.6. The van der Waals surface area contributed by atoms with Crippen LogP contribution in [0.25, 0.3) is 0 Å². The van der Waals surface area contributed by atoms with E-state index in [2.05, 4.69) is 55.5 Å². The van der Waals surface area contributed by atoms with Crippen molar-refractivity contribution in [1.82, 2.24) is 0 Å². The monoisotopic (exact) mass is 476 g/mol. The Kier molecular flexibility index (Phi) is 8.83. The summed E-state index contributed by atoms with van der Waals surface area (Å²) in [6.45, 7) is 2.59. The molecule has 0 amide bonds. The van der Waals surface area contributed by atoms with Gasteiger partial charge < -0.3 is 18.9 Å². The molecule has 0 spiro atoms. The van der Waals surface area contributed by atoms with Crippen molar-refractivity contribution < 1.29 is 18.9 Å². The summed E-state index contributed by atoms with van der Waals surface area (Å²) in [6.07, 6.45) is 3.08. The summed E-state index contributed by atoms with van der Waals surface area (Å²) in [4.78, 5) is 2.29. The summed E-state index contributed by atoms with van der Waals surface area (Å²) in [7, 11) is 3.36. The average molecular weight is 477 g/mol. The van der Waals surface area contributed by atoms with Crippen molar-refractivity contribution in [2.45, 2.75) is 49.8 Å². The third-order valence-electron chi connectivity index (χ3n) is 5.87. The topological polar surface area (TPSA) is 36.9 Å². The number of hydrogen-bond donors (Lipinski definition) is 0. The Bertz CT molecular complexity index is 1050. The first-order valence-electron chi connectivity index (χ1n) is 11.6. The third-order valence-corrected chi connectivity index (χ3v) is 6.98. The lowest BCUT2D eigenvalue weighted by Crippen LogP contribution is -2.40. The first kappa shape index (κ1) is 24.6. The van der Waals surface area contributed by atoms with Gasteiger partial charge in [-0.2, -0.15) is 0 Å². The van der Waals surface area contributed by atoms with Crippen LogP contribution in [0.3, 0.4) is 0 Å². The van der Waals surface area contributed by atoms with E-state index in [9.17, 15) is 0 Å². The first-order valence-corrected chi connectivity index (χ1v) is 12.4. The van der Waals surface area contributed by atoms with Gasteiger partial charge in [-0.15, -0.1) is 0 Å². The van der Waals surface area contributed by atoms with Crippen molar-refractivity contribution in [3.05, 3.63) is 107 Å². The van der Waals surface area contributed by atoms with Gasteiger partial charge in [0.1, 0.15) is 11.9 Å². The van der Waals surface area contributed by atoms with Crippen LogP contribution in [0.4, 0.5) is 0 Å². The summed E-state index contributed by atoms with van der Waals surface area (Å²) in [5, 5.41) is 0. The minimum atomic E-state index is -0.394. The summed E-state index contributed by atoms with van der Waals surface area (Å²) in [5.74, 6) is 0.837. The highest BCUT2D eigenvalue weighted by Gasteiger charge is 2.34. The molecule has 3 aromatic rings. The Morgan fingerprint density at radius 3 is 2.26 bits per heavy atom. The Labute approximate surface area is 206 Å². The molecule has 0 radical (unpaired) electrons. The minimum Gasteiger partial charge on any atom is -0.497 e. The van der Waals surface area contributed by atoms with Crippen LogP contribution in [-0.4, -0.2) is 32.7 Å². The van der Waals surface area contributed by atoms with Gasteiger partial charge in [0.2, 0.25) is 0 Å². The molecule has 178 valence electrons. The second-order valence-corrected chi connectivity index (χ2v) is 9.51. The van der Waals surface area contributed by atoms with E-state index in [1.54, 1.807) is 26.0 Å². The molecule has 0 saturated heterocycles. The van der Waals surface area contributed by atoms with Crippen molar-refractivity contribution in [1.29, 1.82) is 0 Å². The second-order valence-electron chi connectivity index (χ2n) is 8.37. The minimum absolute atomic E-state index is 0.124. The van der Waals surface area contributed by atoms with Gasteiger partial charge in [0.15, 0.2) is 6.29 Å². The van der Waals surface area contributed by atoms with E-state index < -0.39 is 6.29 Å². The molecule has 1 aliphatic heterocycles. The summed E-state index contributed by atoms with van der Waals surface area (Å²) < 4.78 is 23.8. The lowest BCUT2D eigenvalue weighted by Gasteiger charge is -2.35. The van der Waals surface area contributed by atoms with Crippen LogP contribution >= 0.6 is 11.8 Å². The lowest BCUT2D eigenvalue weighted by atomic mass is 10.0. The molecule has 3 aromatic carbocycles. The van der Waals surface area contributed by atoms with E-state index >= 15 is 0 Å². The number of rotatable bonds is 10. The fraction of sp³-hybridized carbons (Fsp3) is 0.310. The molecule has 0 aromatic heterocycles. The molecule has 4 rings (SSSR count). The number of benzene rings is 3.